The lowest BCUT2D eigenvalue weighted by atomic mass is 10.1. The number of nitrogens with one attached hydrogen (secondary N) is 1. The van der Waals surface area contributed by atoms with Gasteiger partial charge in [-0.1, -0.05) is 24.3 Å². The smallest absolute Gasteiger partial charge is 0.283 e. The number of para-hydroxylation sites is 1. The van der Waals surface area contributed by atoms with Gasteiger partial charge in [0.05, 0.1) is 5.57 Å². The van der Waals surface area contributed by atoms with Crippen LogP contribution in [0.1, 0.15) is 11.1 Å². The predicted molar refractivity (Wildman–Crippen MR) is 132 cm³/mol. The summed E-state index contributed by atoms with van der Waals surface area (Å²) in [5, 5.41) is 15.8. The third-order valence-corrected chi connectivity index (χ3v) is 7.40. The second kappa shape index (κ2) is 7.82. The first-order chi connectivity index (χ1) is 16.1. The first kappa shape index (κ1) is 20.1. The van der Waals surface area contributed by atoms with Crippen LogP contribution in [-0.2, 0) is 11.3 Å². The molecule has 4 heterocycles. The Morgan fingerprint density at radius 1 is 1.21 bits per heavy atom. The number of carbonyl (C=O) groups excluding carboxylic acids is 1. The summed E-state index contributed by atoms with van der Waals surface area (Å²) < 4.78 is 13.8. The lowest BCUT2D eigenvalue weighted by molar-refractivity contribution is -0.114. The van der Waals surface area contributed by atoms with Crippen LogP contribution in [0.15, 0.2) is 64.3 Å². The van der Waals surface area contributed by atoms with E-state index in [2.05, 4.69) is 14.7 Å². The normalized spacial score (nSPS) is 18.2. The van der Waals surface area contributed by atoms with Gasteiger partial charge in [-0.05, 0) is 47.9 Å². The summed E-state index contributed by atoms with van der Waals surface area (Å²) in [7, 11) is 0. The number of hydrazone groups is 1. The first-order valence-corrected chi connectivity index (χ1v) is 12.2. The molecule has 164 valence electrons. The van der Waals surface area contributed by atoms with Crippen LogP contribution >= 0.6 is 23.5 Å². The number of hydrogen-bond acceptors (Lipinski definition) is 7. The Morgan fingerprint density at radius 3 is 2.94 bits per heavy atom. The molecule has 10 heteroatoms. The molecule has 1 aromatic heterocycles. The van der Waals surface area contributed by atoms with Crippen LogP contribution in [0.4, 0.5) is 0 Å². The Balaban J connectivity index is 1.39. The van der Waals surface area contributed by atoms with Crippen molar-refractivity contribution in [2.45, 2.75) is 6.54 Å². The van der Waals surface area contributed by atoms with Crippen molar-refractivity contribution in [1.29, 1.82) is 5.41 Å². The molecule has 0 unspecified atom stereocenters. The van der Waals surface area contributed by atoms with Gasteiger partial charge < -0.3 is 14.0 Å². The van der Waals surface area contributed by atoms with E-state index in [1.807, 2.05) is 54.9 Å². The highest BCUT2D eigenvalue weighted by Crippen LogP contribution is 2.34. The van der Waals surface area contributed by atoms with Gasteiger partial charge in [0.2, 0.25) is 12.0 Å². The maximum Gasteiger partial charge on any atom is 0.283 e. The summed E-state index contributed by atoms with van der Waals surface area (Å²) in [6, 6.07) is 13.9. The molecule has 0 atom stereocenters. The summed E-state index contributed by atoms with van der Waals surface area (Å²) in [6.07, 6.45) is 5.64. The fourth-order valence-electron chi connectivity index (χ4n) is 3.97. The third-order valence-electron chi connectivity index (χ3n) is 5.52. The van der Waals surface area contributed by atoms with Gasteiger partial charge in [0.25, 0.3) is 5.91 Å². The summed E-state index contributed by atoms with van der Waals surface area (Å²) >= 11 is 2.77. The van der Waals surface area contributed by atoms with Gasteiger partial charge in [0, 0.05) is 29.2 Å². The van der Waals surface area contributed by atoms with Crippen molar-refractivity contribution < 1.29 is 14.3 Å². The molecule has 3 aliphatic rings. The fraction of sp³-hybridized carbons (Fsp3) is 0.130. The number of hydrogen-bond donors (Lipinski definition) is 1. The number of amidine groups is 2. The average molecular weight is 476 g/mol. The van der Waals surface area contributed by atoms with Crippen molar-refractivity contribution in [3.63, 3.8) is 0 Å². The second-order valence-corrected chi connectivity index (χ2v) is 9.52. The molecule has 0 saturated carbocycles. The molecule has 0 bridgehead atoms. The highest BCUT2D eigenvalue weighted by atomic mass is 32.2. The number of aliphatic imine (C=N–C) groups is 1. The first-order valence-electron chi connectivity index (χ1n) is 10.1. The Labute approximate surface area is 197 Å². The topological polar surface area (TPSA) is 92.3 Å². The van der Waals surface area contributed by atoms with Crippen LogP contribution < -0.4 is 9.47 Å². The standard InChI is InChI=1S/C23H17N5O3S2/c1-32-23-26-28-20(24)16(21(29)25-22(28)33-23)9-14-11-27(17-5-3-2-4-15(14)17)10-13-6-7-18-19(8-13)31-12-30-18/h2-9,11,24H,10,12H2,1H3/b16-9-,24-20?. The maximum absolute atomic E-state index is 12.8. The molecule has 2 aromatic carbocycles. The highest BCUT2D eigenvalue weighted by molar-refractivity contribution is 8.45. The average Bonchev–Trinajstić information content (AvgIpc) is 3.54. The van der Waals surface area contributed by atoms with Gasteiger partial charge in [-0.3, -0.25) is 10.2 Å². The van der Waals surface area contributed by atoms with Crippen molar-refractivity contribution in [1.82, 2.24) is 9.58 Å². The number of carbonyl (C=O) groups is 1. The summed E-state index contributed by atoms with van der Waals surface area (Å²) in [4.78, 5) is 16.9. The van der Waals surface area contributed by atoms with Crippen LogP contribution in [0.2, 0.25) is 0 Å². The van der Waals surface area contributed by atoms with Crippen molar-refractivity contribution in [3.05, 3.63) is 65.4 Å². The van der Waals surface area contributed by atoms with Gasteiger partial charge in [0.1, 0.15) is 0 Å². The largest absolute Gasteiger partial charge is 0.454 e. The van der Waals surface area contributed by atoms with E-state index >= 15 is 0 Å². The molecule has 0 fully saturated rings. The van der Waals surface area contributed by atoms with E-state index in [-0.39, 0.29) is 18.2 Å². The van der Waals surface area contributed by atoms with Gasteiger partial charge in [-0.2, -0.15) is 10.0 Å². The van der Waals surface area contributed by atoms with Crippen molar-refractivity contribution in [2.24, 2.45) is 10.1 Å². The molecule has 1 amide bonds. The minimum atomic E-state index is -0.427. The third kappa shape index (κ3) is 3.42. The number of thioether (sulfide) groups is 2. The summed E-state index contributed by atoms with van der Waals surface area (Å²) in [5.41, 5.74) is 3.17. The quantitative estimate of drug-likeness (QED) is 0.566. The van der Waals surface area contributed by atoms with Gasteiger partial charge in [-0.25, -0.2) is 0 Å². The lowest BCUT2D eigenvalue weighted by Crippen LogP contribution is -2.35. The van der Waals surface area contributed by atoms with E-state index in [1.165, 1.54) is 28.5 Å². The fourth-order valence-corrected chi connectivity index (χ4v) is 5.32. The van der Waals surface area contributed by atoms with E-state index in [0.29, 0.717) is 11.7 Å². The zero-order chi connectivity index (χ0) is 22.5. The van der Waals surface area contributed by atoms with Crippen LogP contribution in [0.25, 0.3) is 17.0 Å². The number of ether oxygens (including phenoxy) is 2. The molecule has 0 aliphatic carbocycles. The lowest BCUT2D eigenvalue weighted by Gasteiger charge is -2.20. The van der Waals surface area contributed by atoms with Gasteiger partial charge >= 0.3 is 0 Å². The van der Waals surface area contributed by atoms with Crippen LogP contribution in [0, 0.1) is 5.41 Å². The number of benzene rings is 2. The van der Waals surface area contributed by atoms with E-state index in [9.17, 15) is 4.79 Å². The monoisotopic (exact) mass is 475 g/mol. The molecular weight excluding hydrogens is 458 g/mol. The Kier molecular flexibility index (Phi) is 4.77. The number of rotatable bonds is 3. The zero-order valence-electron chi connectivity index (χ0n) is 17.4. The minimum Gasteiger partial charge on any atom is -0.454 e. The molecule has 0 saturated heterocycles. The van der Waals surface area contributed by atoms with E-state index in [4.69, 9.17) is 14.9 Å². The van der Waals surface area contributed by atoms with Crippen molar-refractivity contribution in [2.75, 3.05) is 13.0 Å². The Morgan fingerprint density at radius 2 is 2.06 bits per heavy atom. The summed E-state index contributed by atoms with van der Waals surface area (Å²) in [5.74, 6) is 1.11. The van der Waals surface area contributed by atoms with Gasteiger partial charge in [-0.15, -0.1) is 16.9 Å². The molecule has 6 rings (SSSR count). The molecule has 1 N–H and O–H groups in total. The van der Waals surface area contributed by atoms with E-state index in [0.717, 1.165) is 37.9 Å². The zero-order valence-corrected chi connectivity index (χ0v) is 19.1. The molecule has 33 heavy (non-hydrogen) atoms. The number of fused-ring (bicyclic) bond motifs is 3. The Hall–Kier alpha value is -3.50. The number of nitrogens with zero attached hydrogens (tertiary/aromatic N) is 4. The summed E-state index contributed by atoms with van der Waals surface area (Å²) in [6.45, 7) is 0.864. The molecule has 3 aliphatic heterocycles. The van der Waals surface area contributed by atoms with Crippen LogP contribution in [0.3, 0.4) is 0 Å². The van der Waals surface area contributed by atoms with Crippen LogP contribution in [-0.4, -0.2) is 43.9 Å². The minimum absolute atomic E-state index is 0.0363. The van der Waals surface area contributed by atoms with E-state index < -0.39 is 5.91 Å². The number of aromatic nitrogens is 1. The van der Waals surface area contributed by atoms with Crippen molar-refractivity contribution >= 4 is 61.8 Å². The van der Waals surface area contributed by atoms with E-state index in [1.54, 1.807) is 6.08 Å². The maximum atomic E-state index is 12.8. The number of amides is 1. The Bertz CT molecular complexity index is 1440. The molecule has 8 nitrogen and oxygen atoms in total. The highest BCUT2D eigenvalue weighted by Gasteiger charge is 2.35. The molecule has 3 aromatic rings. The second-order valence-electron chi connectivity index (χ2n) is 7.51. The van der Waals surface area contributed by atoms with Gasteiger partial charge in [0.15, 0.2) is 21.7 Å². The SMILES string of the molecule is CSC1=NN2C(=N)/C(=C/c3cn(Cc4ccc5c(c4)OCO5)c4ccccc34)C(=O)N=C2S1. The molecule has 0 spiro atoms. The predicted octanol–water partition coefficient (Wildman–Crippen LogP) is 4.36. The van der Waals surface area contributed by atoms with Crippen molar-refractivity contribution in [3.8, 4) is 11.5 Å². The molecule has 0 radical (unpaired) electrons. The van der Waals surface area contributed by atoms with Crippen LogP contribution in [0.5, 0.6) is 11.5 Å². The molecular formula is C23H17N5O3S2.